The molecule has 2 nitrogen and oxygen atoms in total. The predicted octanol–water partition coefficient (Wildman–Crippen LogP) is 2.10. The summed E-state index contributed by atoms with van der Waals surface area (Å²) in [6.45, 7) is 8.49. The molecule has 2 atom stereocenters. The lowest BCUT2D eigenvalue weighted by molar-refractivity contribution is 0.229. The summed E-state index contributed by atoms with van der Waals surface area (Å²) >= 11 is 0. The molecule has 11 heavy (non-hydrogen) atoms. The highest BCUT2D eigenvalue weighted by atomic mass is 16.6. The second kappa shape index (κ2) is 2.22. The van der Waals surface area contributed by atoms with Gasteiger partial charge in [0.05, 0.1) is 6.07 Å². The third kappa shape index (κ3) is 1.94. The van der Waals surface area contributed by atoms with Gasteiger partial charge in [-0.15, -0.1) is 0 Å². The molecule has 0 saturated carbocycles. The molecule has 1 fully saturated rings. The van der Waals surface area contributed by atoms with Crippen molar-refractivity contribution in [3.05, 3.63) is 0 Å². The van der Waals surface area contributed by atoms with Gasteiger partial charge in [-0.3, -0.25) is 0 Å². The van der Waals surface area contributed by atoms with Crippen LogP contribution < -0.4 is 0 Å². The number of hydrogen-bond donors (Lipinski definition) is 0. The Kier molecular flexibility index (Phi) is 1.72. The first-order valence-electron chi connectivity index (χ1n) is 3.95. The molecule has 0 aromatic heterocycles. The summed E-state index contributed by atoms with van der Waals surface area (Å²) in [5.41, 5.74) is 0.0906. The average Bonchev–Trinajstić information content (AvgIpc) is 2.36. The third-order valence-corrected chi connectivity index (χ3v) is 1.88. The van der Waals surface area contributed by atoms with Crippen LogP contribution in [0.15, 0.2) is 0 Å². The highest BCUT2D eigenvalue weighted by molar-refractivity contribution is 5.12. The minimum atomic E-state index is -0.165. The first kappa shape index (κ1) is 8.55. The molecule has 0 aromatic rings. The van der Waals surface area contributed by atoms with Crippen molar-refractivity contribution in [2.24, 2.45) is 5.41 Å². The zero-order chi connectivity index (χ0) is 8.70. The van der Waals surface area contributed by atoms with Crippen LogP contribution in [0.2, 0.25) is 0 Å². The van der Waals surface area contributed by atoms with Crippen LogP contribution in [0.4, 0.5) is 0 Å². The van der Waals surface area contributed by atoms with Gasteiger partial charge < -0.3 is 4.74 Å². The van der Waals surface area contributed by atoms with Crippen LogP contribution in [0.25, 0.3) is 0 Å². The van der Waals surface area contributed by atoms with Crippen molar-refractivity contribution in [2.75, 3.05) is 0 Å². The quantitative estimate of drug-likeness (QED) is 0.541. The summed E-state index contributed by atoms with van der Waals surface area (Å²) in [5, 5.41) is 8.56. The molecular formula is C9H15NO. The molecule has 0 N–H and O–H groups in total. The van der Waals surface area contributed by atoms with Crippen LogP contribution >= 0.6 is 0 Å². The summed E-state index contributed by atoms with van der Waals surface area (Å²) < 4.78 is 5.27. The van der Waals surface area contributed by atoms with Gasteiger partial charge in [-0.25, -0.2) is 0 Å². The second-order valence-corrected chi connectivity index (χ2v) is 4.68. The van der Waals surface area contributed by atoms with Crippen LogP contribution in [0.5, 0.6) is 0 Å². The van der Waals surface area contributed by atoms with Gasteiger partial charge in [0.1, 0.15) is 5.60 Å². The first-order chi connectivity index (χ1) is 4.87. The maximum absolute atomic E-state index is 8.56. The van der Waals surface area contributed by atoms with Crippen molar-refractivity contribution in [1.82, 2.24) is 0 Å². The minimum Gasteiger partial charge on any atom is -0.350 e. The molecule has 2 unspecified atom stereocenters. The molecule has 0 bridgehead atoms. The zero-order valence-corrected chi connectivity index (χ0v) is 7.64. The molecular weight excluding hydrogens is 138 g/mol. The van der Waals surface area contributed by atoms with Crippen molar-refractivity contribution in [3.63, 3.8) is 0 Å². The van der Waals surface area contributed by atoms with E-state index in [1.165, 1.54) is 0 Å². The van der Waals surface area contributed by atoms with Gasteiger partial charge in [-0.2, -0.15) is 5.26 Å². The van der Waals surface area contributed by atoms with Gasteiger partial charge in [0, 0.05) is 0 Å². The largest absolute Gasteiger partial charge is 0.350 e. The predicted molar refractivity (Wildman–Crippen MR) is 43.0 cm³/mol. The molecule has 1 aliphatic heterocycles. The maximum Gasteiger partial charge on any atom is 0.173 e. The Labute approximate surface area is 68.2 Å². The average molecular weight is 153 g/mol. The zero-order valence-electron chi connectivity index (χ0n) is 7.64. The number of nitrogens with zero attached hydrogens (tertiary/aromatic N) is 1. The second-order valence-electron chi connectivity index (χ2n) is 4.68. The molecule has 1 heterocycles. The summed E-state index contributed by atoms with van der Waals surface area (Å²) in [5.74, 6) is 0. The smallest absolute Gasteiger partial charge is 0.173 e. The molecule has 0 aliphatic carbocycles. The van der Waals surface area contributed by atoms with Gasteiger partial charge in [-0.05, 0) is 18.8 Å². The van der Waals surface area contributed by atoms with E-state index in [2.05, 4.69) is 26.8 Å². The molecule has 0 aromatic carbocycles. The minimum absolute atomic E-state index is 0.160. The van der Waals surface area contributed by atoms with E-state index in [4.69, 9.17) is 10.00 Å². The van der Waals surface area contributed by atoms with Crippen molar-refractivity contribution in [2.45, 2.75) is 45.8 Å². The van der Waals surface area contributed by atoms with Crippen LogP contribution in [0, 0.1) is 16.7 Å². The van der Waals surface area contributed by atoms with E-state index >= 15 is 0 Å². The third-order valence-electron chi connectivity index (χ3n) is 1.88. The number of rotatable bonds is 1. The van der Waals surface area contributed by atoms with E-state index in [-0.39, 0.29) is 17.1 Å². The fourth-order valence-corrected chi connectivity index (χ4v) is 1.59. The Balaban J connectivity index is 2.48. The number of hydrogen-bond acceptors (Lipinski definition) is 2. The molecule has 1 saturated heterocycles. The fourth-order valence-electron chi connectivity index (χ4n) is 1.59. The SMILES string of the molecule is CC(C)(C)CC1(C)OC1C#N. The molecule has 0 spiro atoms. The number of nitriles is 1. The van der Waals surface area contributed by atoms with E-state index in [9.17, 15) is 0 Å². The van der Waals surface area contributed by atoms with Crippen LogP contribution in [-0.4, -0.2) is 11.7 Å². The summed E-state index contributed by atoms with van der Waals surface area (Å²) in [6.07, 6.45) is 0.792. The number of ether oxygens (including phenoxy) is 1. The molecule has 1 rings (SSSR count). The molecule has 1 aliphatic rings. The lowest BCUT2D eigenvalue weighted by Gasteiger charge is -2.20. The van der Waals surface area contributed by atoms with Crippen LogP contribution in [-0.2, 0) is 4.74 Å². The summed E-state index contributed by atoms with van der Waals surface area (Å²) in [6, 6.07) is 2.13. The highest BCUT2D eigenvalue weighted by Crippen LogP contribution is 2.44. The van der Waals surface area contributed by atoms with Crippen molar-refractivity contribution >= 4 is 0 Å². The van der Waals surface area contributed by atoms with Gasteiger partial charge in [0.15, 0.2) is 6.10 Å². The molecule has 0 amide bonds. The van der Waals surface area contributed by atoms with Gasteiger partial charge in [-0.1, -0.05) is 20.8 Å². The normalized spacial score (nSPS) is 36.5. The van der Waals surface area contributed by atoms with Gasteiger partial charge in [0.2, 0.25) is 0 Å². The Morgan fingerprint density at radius 1 is 1.55 bits per heavy atom. The molecule has 2 heteroatoms. The monoisotopic (exact) mass is 153 g/mol. The first-order valence-corrected chi connectivity index (χ1v) is 3.95. The fraction of sp³-hybridized carbons (Fsp3) is 0.889. The van der Waals surface area contributed by atoms with E-state index < -0.39 is 0 Å². The highest BCUT2D eigenvalue weighted by Gasteiger charge is 2.54. The Morgan fingerprint density at radius 3 is 2.36 bits per heavy atom. The van der Waals surface area contributed by atoms with Crippen molar-refractivity contribution < 1.29 is 4.74 Å². The number of epoxide rings is 1. The van der Waals surface area contributed by atoms with Crippen molar-refractivity contribution in [1.29, 1.82) is 5.26 Å². The topological polar surface area (TPSA) is 36.3 Å². The Morgan fingerprint density at radius 2 is 2.09 bits per heavy atom. The van der Waals surface area contributed by atoms with E-state index in [0.717, 1.165) is 6.42 Å². The standard InChI is InChI=1S/C9H15NO/c1-8(2,3)6-9(4)7(5-10)11-9/h7H,6H2,1-4H3. The van der Waals surface area contributed by atoms with Crippen LogP contribution in [0.3, 0.4) is 0 Å². The van der Waals surface area contributed by atoms with Crippen LogP contribution in [0.1, 0.15) is 34.1 Å². The van der Waals surface area contributed by atoms with Gasteiger partial charge in [0.25, 0.3) is 0 Å². The lowest BCUT2D eigenvalue weighted by atomic mass is 9.84. The lowest BCUT2D eigenvalue weighted by Crippen LogP contribution is -2.19. The molecule has 62 valence electrons. The Hall–Kier alpha value is -0.550. The van der Waals surface area contributed by atoms with E-state index in [1.807, 2.05) is 6.92 Å². The molecule has 0 radical (unpaired) electrons. The summed E-state index contributed by atoms with van der Waals surface area (Å²) in [7, 11) is 0. The maximum atomic E-state index is 8.56. The summed E-state index contributed by atoms with van der Waals surface area (Å²) in [4.78, 5) is 0. The van der Waals surface area contributed by atoms with E-state index in [1.54, 1.807) is 0 Å². The Bertz CT molecular complexity index is 199. The van der Waals surface area contributed by atoms with Gasteiger partial charge >= 0.3 is 0 Å². The van der Waals surface area contributed by atoms with Crippen molar-refractivity contribution in [3.8, 4) is 6.07 Å². The van der Waals surface area contributed by atoms with E-state index in [0.29, 0.717) is 0 Å².